The van der Waals surface area contributed by atoms with E-state index in [1.54, 1.807) is 0 Å². The van der Waals surface area contributed by atoms with Crippen LogP contribution in [-0.4, -0.2) is 33.6 Å². The number of fused-ring (bicyclic) bond motifs is 1. The van der Waals surface area contributed by atoms with Crippen molar-refractivity contribution >= 4 is 41.1 Å². The Kier molecular flexibility index (Phi) is 1.28. The predicted octanol–water partition coefficient (Wildman–Crippen LogP) is -1.21. The summed E-state index contributed by atoms with van der Waals surface area (Å²) in [5.74, 6) is -0.525. The molecule has 0 saturated heterocycles. The molecule has 1 N–H and O–H groups in total. The van der Waals surface area contributed by atoms with Crippen molar-refractivity contribution in [3.05, 3.63) is 5.21 Å². The van der Waals surface area contributed by atoms with E-state index in [2.05, 4.69) is 27.5 Å². The Morgan fingerprint density at radius 1 is 1.67 bits per heavy atom. The Labute approximate surface area is 71.9 Å². The highest BCUT2D eigenvalue weighted by Crippen LogP contribution is 2.00. The van der Waals surface area contributed by atoms with Crippen LogP contribution in [0, 0.1) is 5.21 Å². The number of aliphatic imine (C=N–C) groups is 2. The molecule has 2 rings (SSSR count). The maximum absolute atomic E-state index is 11.0. The van der Waals surface area contributed by atoms with Gasteiger partial charge in [0.15, 0.2) is 0 Å². The fourth-order valence-corrected chi connectivity index (χ4v) is 1.05. The third-order valence-electron chi connectivity index (χ3n) is 1.36. The van der Waals surface area contributed by atoms with Gasteiger partial charge >= 0.3 is 11.7 Å². The quantitative estimate of drug-likeness (QED) is 0.290. The van der Waals surface area contributed by atoms with Gasteiger partial charge in [0.05, 0.1) is 0 Å². The zero-order valence-electron chi connectivity index (χ0n) is 5.64. The molecule has 0 aromatic carbocycles. The summed E-state index contributed by atoms with van der Waals surface area (Å²) in [6.07, 6.45) is 0.974. The molecule has 0 fully saturated rings. The molecule has 2 aliphatic rings. The Morgan fingerprint density at radius 2 is 2.42 bits per heavy atom. The summed E-state index contributed by atoms with van der Waals surface area (Å²) in [5, 5.41) is 13.1. The van der Waals surface area contributed by atoms with E-state index in [0.717, 1.165) is 6.34 Å². The van der Waals surface area contributed by atoms with Crippen LogP contribution < -0.4 is 5.32 Å². The summed E-state index contributed by atoms with van der Waals surface area (Å²) in [6.45, 7) is 0. The van der Waals surface area contributed by atoms with Crippen LogP contribution in [0.1, 0.15) is 0 Å². The first-order chi connectivity index (χ1) is 5.68. The molecule has 12 heavy (non-hydrogen) atoms. The third-order valence-corrected chi connectivity index (χ3v) is 1.55. The number of thiocarbonyl (C=S) groups is 1. The van der Waals surface area contributed by atoms with Crippen LogP contribution in [0.25, 0.3) is 0 Å². The number of nitrogens with one attached hydrogen (secondary N) is 1. The van der Waals surface area contributed by atoms with Crippen LogP contribution in [0.5, 0.6) is 0 Å². The standard InChI is InChI=1S/C5H2N4O2S/c10-4-2-3(7-5(12)8-4)9(11)1-6-2/h1H,(H,8,10,12). The number of amides is 1. The molecular formula is C5H2N4O2S. The van der Waals surface area contributed by atoms with Gasteiger partial charge in [0.25, 0.3) is 10.8 Å². The SMILES string of the molecule is O=C1NC(=S)N=C2C1=NC=[N+]2[O-]. The van der Waals surface area contributed by atoms with Crippen molar-refractivity contribution in [2.75, 3.05) is 0 Å². The molecule has 2 aliphatic heterocycles. The Hall–Kier alpha value is -1.63. The average molecular weight is 182 g/mol. The van der Waals surface area contributed by atoms with E-state index in [0.29, 0.717) is 4.74 Å². The van der Waals surface area contributed by atoms with Crippen molar-refractivity contribution in [1.29, 1.82) is 0 Å². The zero-order chi connectivity index (χ0) is 8.72. The van der Waals surface area contributed by atoms with Gasteiger partial charge in [-0.05, 0) is 12.2 Å². The van der Waals surface area contributed by atoms with Crippen LogP contribution in [0.2, 0.25) is 0 Å². The molecule has 60 valence electrons. The monoisotopic (exact) mass is 182 g/mol. The second-order valence-corrected chi connectivity index (χ2v) is 2.50. The molecule has 1 amide bonds. The molecule has 0 radical (unpaired) electrons. The predicted molar refractivity (Wildman–Crippen MR) is 45.3 cm³/mol. The van der Waals surface area contributed by atoms with Crippen LogP contribution >= 0.6 is 12.2 Å². The van der Waals surface area contributed by atoms with Gasteiger partial charge in [0, 0.05) is 0 Å². The molecule has 0 bridgehead atoms. The first-order valence-electron chi connectivity index (χ1n) is 3.00. The van der Waals surface area contributed by atoms with Crippen LogP contribution in [0.15, 0.2) is 9.98 Å². The maximum Gasteiger partial charge on any atom is 0.315 e. The fourth-order valence-electron chi connectivity index (χ4n) is 0.870. The summed E-state index contributed by atoms with van der Waals surface area (Å²) in [5.41, 5.74) is 0.0126. The van der Waals surface area contributed by atoms with E-state index < -0.39 is 5.91 Å². The summed E-state index contributed by atoms with van der Waals surface area (Å²) < 4.78 is 0.403. The van der Waals surface area contributed by atoms with E-state index in [4.69, 9.17) is 0 Å². The number of hydrogen-bond acceptors (Lipinski definition) is 4. The summed E-state index contributed by atoms with van der Waals surface area (Å²) >= 11 is 4.61. The smallest absolute Gasteiger partial charge is 0.315 e. The molecule has 0 aliphatic carbocycles. The Bertz CT molecular complexity index is 381. The van der Waals surface area contributed by atoms with E-state index in [1.807, 2.05) is 0 Å². The molecule has 0 spiro atoms. The highest BCUT2D eigenvalue weighted by molar-refractivity contribution is 7.80. The molecule has 0 atom stereocenters. The summed E-state index contributed by atoms with van der Waals surface area (Å²) in [7, 11) is 0. The van der Waals surface area contributed by atoms with E-state index in [-0.39, 0.29) is 16.7 Å². The Balaban J connectivity index is 2.53. The van der Waals surface area contributed by atoms with Crippen LogP contribution in [-0.2, 0) is 4.79 Å². The van der Waals surface area contributed by atoms with Gasteiger partial charge in [0.1, 0.15) is 0 Å². The largest absolute Gasteiger partial charge is 0.740 e. The molecule has 2 heterocycles. The van der Waals surface area contributed by atoms with Gasteiger partial charge in [-0.15, -0.1) is 0 Å². The lowest BCUT2D eigenvalue weighted by atomic mass is 10.3. The maximum atomic E-state index is 11.0. The molecular weight excluding hydrogens is 180 g/mol. The van der Waals surface area contributed by atoms with E-state index in [1.165, 1.54) is 0 Å². The number of hydrogen-bond donors (Lipinski definition) is 1. The topological polar surface area (TPSA) is 79.9 Å². The minimum atomic E-state index is -0.486. The van der Waals surface area contributed by atoms with Crippen molar-refractivity contribution in [2.24, 2.45) is 9.98 Å². The number of rotatable bonds is 0. The molecule has 0 saturated carbocycles. The summed E-state index contributed by atoms with van der Waals surface area (Å²) in [4.78, 5) is 18.2. The van der Waals surface area contributed by atoms with Crippen LogP contribution in [0.4, 0.5) is 0 Å². The van der Waals surface area contributed by atoms with Gasteiger partial charge in [-0.1, -0.05) is 9.98 Å². The lowest BCUT2D eigenvalue weighted by Crippen LogP contribution is -2.44. The number of amidine groups is 1. The molecule has 6 nitrogen and oxygen atoms in total. The summed E-state index contributed by atoms with van der Waals surface area (Å²) in [6, 6.07) is 0. The number of nitrogens with zero attached hydrogens (tertiary/aromatic N) is 3. The van der Waals surface area contributed by atoms with Crippen molar-refractivity contribution in [1.82, 2.24) is 5.32 Å². The average Bonchev–Trinajstić information content (AvgIpc) is 2.33. The van der Waals surface area contributed by atoms with Crippen molar-refractivity contribution < 1.29 is 9.53 Å². The minimum absolute atomic E-state index is 0.00917. The third kappa shape index (κ3) is 0.832. The Morgan fingerprint density at radius 3 is 3.17 bits per heavy atom. The molecule has 0 aromatic heterocycles. The molecule has 0 aromatic rings. The lowest BCUT2D eigenvalue weighted by Gasteiger charge is -2.08. The number of hydroxylamine groups is 1. The van der Waals surface area contributed by atoms with Crippen molar-refractivity contribution in [3.8, 4) is 0 Å². The highest BCUT2D eigenvalue weighted by Gasteiger charge is 2.35. The first-order valence-corrected chi connectivity index (χ1v) is 3.41. The van der Waals surface area contributed by atoms with E-state index in [9.17, 15) is 10.0 Å². The fraction of sp³-hybridized carbons (Fsp3) is 0. The second-order valence-electron chi connectivity index (χ2n) is 2.11. The number of carbonyl (C=O) groups excluding carboxylic acids is 1. The molecule has 7 heteroatoms. The van der Waals surface area contributed by atoms with Crippen LogP contribution in [0.3, 0.4) is 0 Å². The second kappa shape index (κ2) is 2.18. The van der Waals surface area contributed by atoms with Gasteiger partial charge in [0.2, 0.25) is 6.34 Å². The lowest BCUT2D eigenvalue weighted by molar-refractivity contribution is -0.313. The normalized spacial score (nSPS) is 20.8. The van der Waals surface area contributed by atoms with Gasteiger partial charge < -0.3 is 5.21 Å². The van der Waals surface area contributed by atoms with E-state index >= 15 is 0 Å². The van der Waals surface area contributed by atoms with Gasteiger partial charge in [-0.2, -0.15) is 0 Å². The van der Waals surface area contributed by atoms with Gasteiger partial charge in [-0.25, -0.2) is 4.74 Å². The van der Waals surface area contributed by atoms with Crippen molar-refractivity contribution in [2.45, 2.75) is 0 Å². The first kappa shape index (κ1) is 7.04. The number of carbonyl (C=O) groups is 1. The van der Waals surface area contributed by atoms with Gasteiger partial charge in [-0.3, -0.25) is 10.1 Å². The minimum Gasteiger partial charge on any atom is -0.740 e. The zero-order valence-corrected chi connectivity index (χ0v) is 6.46. The highest BCUT2D eigenvalue weighted by atomic mass is 32.1. The molecule has 0 unspecified atom stereocenters. The van der Waals surface area contributed by atoms with Crippen molar-refractivity contribution in [3.63, 3.8) is 0 Å².